The van der Waals surface area contributed by atoms with Crippen LogP contribution in [-0.4, -0.2) is 43.3 Å². The smallest absolute Gasteiger partial charge is 0.313 e. The maximum Gasteiger partial charge on any atom is 0.313 e. The van der Waals surface area contributed by atoms with E-state index < -0.39 is 17.4 Å². The molecule has 2 rings (SSSR count). The molecule has 0 bridgehead atoms. The molecule has 150 valence electrons. The first kappa shape index (κ1) is 21.2. The molecule has 0 radical (unpaired) electrons. The summed E-state index contributed by atoms with van der Waals surface area (Å²) in [5.41, 5.74) is 0.365. The number of hydrogen-bond donors (Lipinski definition) is 3. The third-order valence-electron chi connectivity index (χ3n) is 4.27. The van der Waals surface area contributed by atoms with E-state index in [2.05, 4.69) is 10.6 Å². The molecular formula is C21H26N2O5. The van der Waals surface area contributed by atoms with E-state index in [1.165, 1.54) is 14.2 Å². The highest BCUT2D eigenvalue weighted by molar-refractivity contribution is 6.39. The Hall–Kier alpha value is -3.06. The van der Waals surface area contributed by atoms with E-state index in [0.717, 1.165) is 5.56 Å². The summed E-state index contributed by atoms with van der Waals surface area (Å²) in [7, 11) is 2.99. The molecule has 0 spiro atoms. The quantitative estimate of drug-likeness (QED) is 0.604. The van der Waals surface area contributed by atoms with Gasteiger partial charge in [0.05, 0.1) is 19.8 Å². The van der Waals surface area contributed by atoms with Crippen LogP contribution in [0.3, 0.4) is 0 Å². The van der Waals surface area contributed by atoms with Gasteiger partial charge in [0.25, 0.3) is 0 Å². The van der Waals surface area contributed by atoms with Gasteiger partial charge < -0.3 is 25.2 Å². The number of aryl methyl sites for hydroxylation is 1. The van der Waals surface area contributed by atoms with Crippen molar-refractivity contribution in [3.63, 3.8) is 0 Å². The third-order valence-corrected chi connectivity index (χ3v) is 4.27. The highest BCUT2D eigenvalue weighted by Gasteiger charge is 2.23. The van der Waals surface area contributed by atoms with Crippen molar-refractivity contribution < 1.29 is 24.2 Å². The summed E-state index contributed by atoms with van der Waals surface area (Å²) in [6.45, 7) is 1.60. The molecule has 3 N–H and O–H groups in total. The third kappa shape index (κ3) is 6.28. The second-order valence-electron chi connectivity index (χ2n) is 6.69. The molecule has 0 fully saturated rings. The van der Waals surface area contributed by atoms with Crippen molar-refractivity contribution in [2.24, 2.45) is 0 Å². The first-order valence-electron chi connectivity index (χ1n) is 8.92. The minimum Gasteiger partial charge on any atom is -0.493 e. The average molecular weight is 386 g/mol. The summed E-state index contributed by atoms with van der Waals surface area (Å²) < 4.78 is 10.3. The van der Waals surface area contributed by atoms with Gasteiger partial charge in [0.1, 0.15) is 0 Å². The predicted molar refractivity (Wildman–Crippen MR) is 107 cm³/mol. The minimum atomic E-state index is -1.13. The van der Waals surface area contributed by atoms with Crippen molar-refractivity contribution in [2.75, 3.05) is 26.1 Å². The first-order valence-corrected chi connectivity index (χ1v) is 8.92. The molecular weight excluding hydrogens is 360 g/mol. The van der Waals surface area contributed by atoms with Crippen LogP contribution in [-0.2, 0) is 16.0 Å². The van der Waals surface area contributed by atoms with Gasteiger partial charge in [-0.15, -0.1) is 0 Å². The number of carbonyl (C=O) groups is 2. The Balaban J connectivity index is 1.85. The van der Waals surface area contributed by atoms with Crippen LogP contribution in [0.2, 0.25) is 0 Å². The Labute approximate surface area is 164 Å². The zero-order valence-electron chi connectivity index (χ0n) is 16.3. The second-order valence-corrected chi connectivity index (χ2v) is 6.69. The molecule has 0 saturated heterocycles. The van der Waals surface area contributed by atoms with Crippen molar-refractivity contribution in [2.45, 2.75) is 25.4 Å². The lowest BCUT2D eigenvalue weighted by molar-refractivity contribution is -0.136. The average Bonchev–Trinajstić information content (AvgIpc) is 2.71. The normalized spacial score (nSPS) is 12.6. The Kier molecular flexibility index (Phi) is 7.40. The molecule has 0 saturated carbocycles. The number of aliphatic hydroxyl groups is 1. The van der Waals surface area contributed by atoms with Crippen molar-refractivity contribution >= 4 is 17.5 Å². The predicted octanol–water partition coefficient (Wildman–Crippen LogP) is 2.14. The SMILES string of the molecule is COc1ccc(NC(=O)C(=O)NCC(C)(O)CCc2ccccc2)cc1OC. The van der Waals surface area contributed by atoms with Crippen LogP contribution in [0.5, 0.6) is 11.5 Å². The highest BCUT2D eigenvalue weighted by Crippen LogP contribution is 2.29. The molecule has 0 aromatic heterocycles. The van der Waals surface area contributed by atoms with Gasteiger partial charge in [-0.2, -0.15) is 0 Å². The van der Waals surface area contributed by atoms with E-state index in [1.807, 2.05) is 30.3 Å². The fourth-order valence-electron chi connectivity index (χ4n) is 2.60. The van der Waals surface area contributed by atoms with Crippen LogP contribution in [0.4, 0.5) is 5.69 Å². The topological polar surface area (TPSA) is 96.9 Å². The Bertz CT molecular complexity index is 806. The summed E-state index contributed by atoms with van der Waals surface area (Å²) in [4.78, 5) is 24.1. The number of nitrogens with one attached hydrogen (secondary N) is 2. The lowest BCUT2D eigenvalue weighted by Crippen LogP contribution is -2.44. The molecule has 2 aromatic carbocycles. The van der Waals surface area contributed by atoms with Gasteiger partial charge in [-0.1, -0.05) is 30.3 Å². The van der Waals surface area contributed by atoms with Gasteiger partial charge in [-0.3, -0.25) is 9.59 Å². The molecule has 1 atom stereocenters. The molecule has 0 aliphatic heterocycles. The second kappa shape index (κ2) is 9.75. The van der Waals surface area contributed by atoms with Crippen molar-refractivity contribution in [3.05, 3.63) is 54.1 Å². The lowest BCUT2D eigenvalue weighted by Gasteiger charge is -2.23. The molecule has 2 aromatic rings. The van der Waals surface area contributed by atoms with Gasteiger partial charge in [0.2, 0.25) is 0 Å². The monoisotopic (exact) mass is 386 g/mol. The zero-order chi connectivity index (χ0) is 20.6. The van der Waals surface area contributed by atoms with Crippen LogP contribution in [0.1, 0.15) is 18.9 Å². The fraction of sp³-hybridized carbons (Fsp3) is 0.333. The lowest BCUT2D eigenvalue weighted by atomic mass is 9.97. The summed E-state index contributed by atoms with van der Waals surface area (Å²) in [6, 6.07) is 14.5. The van der Waals surface area contributed by atoms with Crippen LogP contribution in [0, 0.1) is 0 Å². The van der Waals surface area contributed by atoms with E-state index in [4.69, 9.17) is 9.47 Å². The molecule has 2 amide bonds. The van der Waals surface area contributed by atoms with E-state index in [9.17, 15) is 14.7 Å². The Morgan fingerprint density at radius 3 is 2.32 bits per heavy atom. The standard InChI is InChI=1S/C21H26N2O5/c1-21(26,12-11-15-7-5-4-6-8-15)14-22-19(24)20(25)23-16-9-10-17(27-2)18(13-16)28-3/h4-10,13,26H,11-12,14H2,1-3H3,(H,22,24)(H,23,25). The largest absolute Gasteiger partial charge is 0.493 e. The van der Waals surface area contributed by atoms with Crippen LogP contribution in [0.25, 0.3) is 0 Å². The van der Waals surface area contributed by atoms with Gasteiger partial charge in [0, 0.05) is 18.3 Å². The Morgan fingerprint density at radius 2 is 1.68 bits per heavy atom. The number of ether oxygens (including phenoxy) is 2. The van der Waals surface area contributed by atoms with Crippen molar-refractivity contribution in [1.82, 2.24) is 5.32 Å². The minimum absolute atomic E-state index is 0.0297. The molecule has 1 unspecified atom stereocenters. The highest BCUT2D eigenvalue weighted by atomic mass is 16.5. The number of anilines is 1. The molecule has 7 nitrogen and oxygen atoms in total. The van der Waals surface area contributed by atoms with Gasteiger partial charge in [0.15, 0.2) is 11.5 Å². The fourth-order valence-corrected chi connectivity index (χ4v) is 2.60. The van der Waals surface area contributed by atoms with Crippen molar-refractivity contribution in [3.8, 4) is 11.5 Å². The van der Waals surface area contributed by atoms with Crippen LogP contribution >= 0.6 is 0 Å². The summed E-state index contributed by atoms with van der Waals surface area (Å²) >= 11 is 0. The van der Waals surface area contributed by atoms with Gasteiger partial charge >= 0.3 is 11.8 Å². The zero-order valence-corrected chi connectivity index (χ0v) is 16.3. The van der Waals surface area contributed by atoms with E-state index in [1.54, 1.807) is 25.1 Å². The maximum absolute atomic E-state index is 12.1. The molecule has 28 heavy (non-hydrogen) atoms. The molecule has 7 heteroatoms. The number of amides is 2. The van der Waals surface area contributed by atoms with E-state index >= 15 is 0 Å². The number of methoxy groups -OCH3 is 2. The maximum atomic E-state index is 12.1. The molecule has 0 heterocycles. The Morgan fingerprint density at radius 1 is 1.00 bits per heavy atom. The number of hydrogen-bond acceptors (Lipinski definition) is 5. The van der Waals surface area contributed by atoms with Crippen LogP contribution < -0.4 is 20.1 Å². The first-order chi connectivity index (χ1) is 13.3. The summed E-state index contributed by atoms with van der Waals surface area (Å²) in [6.07, 6.45) is 1.12. The molecule has 0 aliphatic carbocycles. The van der Waals surface area contributed by atoms with Gasteiger partial charge in [-0.05, 0) is 37.5 Å². The van der Waals surface area contributed by atoms with Crippen LogP contribution in [0.15, 0.2) is 48.5 Å². The van der Waals surface area contributed by atoms with E-state index in [0.29, 0.717) is 30.0 Å². The van der Waals surface area contributed by atoms with Crippen molar-refractivity contribution in [1.29, 1.82) is 0 Å². The summed E-state index contributed by atoms with van der Waals surface area (Å²) in [5, 5.41) is 15.4. The molecule has 0 aliphatic rings. The number of rotatable bonds is 8. The summed E-state index contributed by atoms with van der Waals surface area (Å²) in [5.74, 6) is -0.704. The van der Waals surface area contributed by atoms with E-state index in [-0.39, 0.29) is 6.54 Å². The van der Waals surface area contributed by atoms with Gasteiger partial charge in [-0.25, -0.2) is 0 Å². The number of benzene rings is 2. The number of carbonyl (C=O) groups excluding carboxylic acids is 2.